The molecule has 60 valence electrons. The molecule has 0 spiro atoms. The highest BCUT2D eigenvalue weighted by atomic mass is 16.1. The standard InChI is InChI=1S/C10H10NO/c1-2-8-11(9-12)10-6-4-3-5-7-10/h2-7H,1,8H2/q+1. The first-order valence-corrected chi connectivity index (χ1v) is 3.69. The second-order valence-electron chi connectivity index (χ2n) is 2.33. The van der Waals surface area contributed by atoms with E-state index >= 15 is 0 Å². The Morgan fingerprint density at radius 2 is 2.08 bits per heavy atom. The molecule has 0 unspecified atom stereocenters. The van der Waals surface area contributed by atoms with Gasteiger partial charge in [0.25, 0.3) is 0 Å². The normalized spacial score (nSPS) is 9.75. The van der Waals surface area contributed by atoms with Crippen LogP contribution in [0.4, 0.5) is 5.69 Å². The van der Waals surface area contributed by atoms with Crippen molar-refractivity contribution in [2.75, 3.05) is 6.54 Å². The Morgan fingerprint density at radius 1 is 1.42 bits per heavy atom. The van der Waals surface area contributed by atoms with Crippen LogP contribution in [0.5, 0.6) is 0 Å². The van der Waals surface area contributed by atoms with Crippen molar-refractivity contribution in [2.45, 2.75) is 0 Å². The van der Waals surface area contributed by atoms with E-state index in [-0.39, 0.29) is 0 Å². The number of rotatable bonds is 4. The number of carbonyl (C=O) groups excluding carboxylic acids is 1. The summed E-state index contributed by atoms with van der Waals surface area (Å²) in [5, 5.41) is 0. The average molecular weight is 160 g/mol. The number of anilines is 1. The lowest BCUT2D eigenvalue weighted by molar-refractivity contribution is 0.527. The lowest BCUT2D eigenvalue weighted by atomic mass is 10.3. The van der Waals surface area contributed by atoms with Gasteiger partial charge in [0.1, 0.15) is 0 Å². The molecule has 0 saturated carbocycles. The van der Waals surface area contributed by atoms with E-state index in [1.54, 1.807) is 6.08 Å². The molecule has 2 nitrogen and oxygen atoms in total. The monoisotopic (exact) mass is 160 g/mol. The van der Waals surface area contributed by atoms with Gasteiger partial charge in [-0.3, -0.25) is 0 Å². The topological polar surface area (TPSA) is 23.0 Å². The van der Waals surface area contributed by atoms with Gasteiger partial charge in [0.2, 0.25) is 0 Å². The van der Waals surface area contributed by atoms with Crippen molar-refractivity contribution in [1.29, 1.82) is 0 Å². The van der Waals surface area contributed by atoms with Gasteiger partial charge in [0.05, 0.1) is 0 Å². The van der Waals surface area contributed by atoms with Crippen molar-refractivity contribution in [3.05, 3.63) is 43.0 Å². The van der Waals surface area contributed by atoms with Crippen LogP contribution >= 0.6 is 0 Å². The molecule has 1 rings (SSSR count). The first-order chi connectivity index (χ1) is 5.88. The van der Waals surface area contributed by atoms with Crippen LogP contribution in [0.1, 0.15) is 0 Å². The summed E-state index contributed by atoms with van der Waals surface area (Å²) in [5.41, 5.74) is 0.840. The molecule has 2 radical (unpaired) electrons. The van der Waals surface area contributed by atoms with E-state index in [4.69, 9.17) is 0 Å². The minimum Gasteiger partial charge on any atom is -0.208 e. The van der Waals surface area contributed by atoms with E-state index < -0.39 is 0 Å². The number of hydrogen-bond acceptors (Lipinski definition) is 1. The highest BCUT2D eigenvalue weighted by molar-refractivity contribution is 5.64. The van der Waals surface area contributed by atoms with Gasteiger partial charge in [-0.1, -0.05) is 24.8 Å². The van der Waals surface area contributed by atoms with Gasteiger partial charge in [-0.25, -0.2) is 4.79 Å². The van der Waals surface area contributed by atoms with Crippen molar-refractivity contribution in [1.82, 2.24) is 4.90 Å². The fourth-order valence-electron chi connectivity index (χ4n) is 0.932. The van der Waals surface area contributed by atoms with Crippen molar-refractivity contribution >= 4 is 12.1 Å². The summed E-state index contributed by atoms with van der Waals surface area (Å²) in [6.45, 7) is 4.05. The average Bonchev–Trinajstić information content (AvgIpc) is 2.15. The minimum absolute atomic E-state index is 0.494. The molecule has 0 N–H and O–H groups in total. The smallest absolute Gasteiger partial charge is 0.208 e. The molecule has 0 aliphatic rings. The molecular formula is C10H10NO+. The lowest BCUT2D eigenvalue weighted by Crippen LogP contribution is -2.21. The van der Waals surface area contributed by atoms with E-state index in [9.17, 15) is 4.79 Å². The van der Waals surface area contributed by atoms with Gasteiger partial charge in [-0.05, 0) is 11.0 Å². The number of amides is 1. The molecule has 0 bridgehead atoms. The largest absolute Gasteiger partial charge is 0.501 e. The van der Waals surface area contributed by atoms with Gasteiger partial charge < -0.3 is 0 Å². The SMILES string of the molecule is C=CC[N+]([C]=O)c1ccccc1. The maximum Gasteiger partial charge on any atom is 0.501 e. The second kappa shape index (κ2) is 4.46. The van der Waals surface area contributed by atoms with Gasteiger partial charge >= 0.3 is 6.41 Å². The van der Waals surface area contributed by atoms with Gasteiger partial charge in [-0.15, -0.1) is 0 Å². The van der Waals surface area contributed by atoms with Crippen LogP contribution in [-0.2, 0) is 4.79 Å². The number of para-hydroxylation sites is 1. The second-order valence-corrected chi connectivity index (χ2v) is 2.33. The molecular weight excluding hydrogens is 150 g/mol. The quantitative estimate of drug-likeness (QED) is 0.373. The highest BCUT2D eigenvalue weighted by Gasteiger charge is 2.16. The van der Waals surface area contributed by atoms with E-state index in [0.717, 1.165) is 5.69 Å². The zero-order chi connectivity index (χ0) is 8.81. The number of nitrogens with zero attached hydrogens (tertiary/aromatic N) is 1. The fraction of sp³-hybridized carbons (Fsp3) is 0.100. The Balaban J connectivity index is 2.79. The van der Waals surface area contributed by atoms with E-state index in [1.807, 2.05) is 36.7 Å². The maximum atomic E-state index is 10.4. The molecule has 1 aromatic carbocycles. The van der Waals surface area contributed by atoms with E-state index in [2.05, 4.69) is 6.58 Å². The van der Waals surface area contributed by atoms with E-state index in [0.29, 0.717) is 6.54 Å². The van der Waals surface area contributed by atoms with E-state index in [1.165, 1.54) is 4.90 Å². The first-order valence-electron chi connectivity index (χ1n) is 3.69. The van der Waals surface area contributed by atoms with Crippen molar-refractivity contribution in [3.63, 3.8) is 0 Å². The number of benzene rings is 1. The third-order valence-electron chi connectivity index (χ3n) is 1.49. The van der Waals surface area contributed by atoms with Crippen molar-refractivity contribution in [3.8, 4) is 0 Å². The summed E-state index contributed by atoms with van der Waals surface area (Å²) in [4.78, 5) is 11.9. The van der Waals surface area contributed by atoms with Crippen LogP contribution in [0.2, 0.25) is 0 Å². The Hall–Kier alpha value is -1.41. The lowest BCUT2D eigenvalue weighted by Gasteiger charge is -1.97. The molecule has 0 atom stereocenters. The molecule has 0 saturated heterocycles. The molecule has 0 aromatic heterocycles. The van der Waals surface area contributed by atoms with Crippen LogP contribution in [0.15, 0.2) is 43.0 Å². The van der Waals surface area contributed by atoms with Gasteiger partial charge in [-0.2, -0.15) is 0 Å². The summed E-state index contributed by atoms with van der Waals surface area (Å²) in [6.07, 6.45) is 3.50. The molecule has 2 heteroatoms. The summed E-state index contributed by atoms with van der Waals surface area (Å²) < 4.78 is 0. The van der Waals surface area contributed by atoms with Crippen molar-refractivity contribution in [2.24, 2.45) is 0 Å². The fourth-order valence-corrected chi connectivity index (χ4v) is 0.932. The first kappa shape index (κ1) is 8.68. The van der Waals surface area contributed by atoms with Crippen LogP contribution in [0.25, 0.3) is 0 Å². The molecule has 12 heavy (non-hydrogen) atoms. The predicted molar refractivity (Wildman–Crippen MR) is 49.0 cm³/mol. The Labute approximate surface area is 72.1 Å². The minimum atomic E-state index is 0.494. The molecule has 0 aliphatic carbocycles. The van der Waals surface area contributed by atoms with Crippen LogP contribution in [0, 0.1) is 0 Å². The Morgan fingerprint density at radius 3 is 2.58 bits per heavy atom. The summed E-state index contributed by atoms with van der Waals surface area (Å²) in [7, 11) is 0. The zero-order valence-electron chi connectivity index (χ0n) is 6.73. The zero-order valence-corrected chi connectivity index (χ0v) is 6.73. The highest BCUT2D eigenvalue weighted by Crippen LogP contribution is 2.09. The molecule has 1 aromatic rings. The van der Waals surface area contributed by atoms with Crippen LogP contribution < -0.4 is 4.90 Å². The van der Waals surface area contributed by atoms with Crippen molar-refractivity contribution < 1.29 is 4.79 Å². The Kier molecular flexibility index (Phi) is 3.23. The number of hydrogen-bond donors (Lipinski definition) is 0. The summed E-state index contributed by atoms with van der Waals surface area (Å²) in [5.74, 6) is 0. The third-order valence-corrected chi connectivity index (χ3v) is 1.49. The summed E-state index contributed by atoms with van der Waals surface area (Å²) in [6, 6.07) is 9.37. The van der Waals surface area contributed by atoms with Crippen LogP contribution in [0.3, 0.4) is 0 Å². The third kappa shape index (κ3) is 2.04. The predicted octanol–water partition coefficient (Wildman–Crippen LogP) is 1.71. The Bertz CT molecular complexity index is 256. The van der Waals surface area contributed by atoms with Gasteiger partial charge in [0, 0.05) is 12.1 Å². The molecule has 1 amide bonds. The van der Waals surface area contributed by atoms with Gasteiger partial charge in [0.15, 0.2) is 12.2 Å². The summed E-state index contributed by atoms with van der Waals surface area (Å²) >= 11 is 0. The maximum absolute atomic E-state index is 10.4. The molecule has 0 fully saturated rings. The molecule has 0 heterocycles. The molecule has 0 aliphatic heterocycles. The van der Waals surface area contributed by atoms with Crippen LogP contribution in [-0.4, -0.2) is 13.0 Å².